The van der Waals surface area contributed by atoms with E-state index >= 15 is 0 Å². The van der Waals surface area contributed by atoms with E-state index in [9.17, 15) is 0 Å². The first kappa shape index (κ1) is 7.27. The molecule has 1 unspecified atom stereocenters. The van der Waals surface area contributed by atoms with Crippen LogP contribution >= 0.6 is 12.6 Å². The average molecular weight is 121 g/mol. The Morgan fingerprint density at radius 1 is 1.57 bits per heavy atom. The first-order chi connectivity index (χ1) is 3.18. The number of hydrogen-bond donors (Lipinski definition) is 2. The van der Waals surface area contributed by atoms with Gasteiger partial charge in [0.05, 0.1) is 6.10 Å². The largest absolute Gasteiger partial charge is 0.300 e. The number of rotatable bonds is 2. The molecule has 0 radical (unpaired) electrons. The summed E-state index contributed by atoms with van der Waals surface area (Å²) < 4.78 is 0. The summed E-state index contributed by atoms with van der Waals surface area (Å²) in [6, 6.07) is 0. The van der Waals surface area contributed by atoms with Crippen molar-refractivity contribution in [2.24, 2.45) is 5.90 Å². The second kappa shape index (κ2) is 3.29. The molecular formula is C4H11NOS. The van der Waals surface area contributed by atoms with Gasteiger partial charge in [-0.2, -0.15) is 12.6 Å². The van der Waals surface area contributed by atoms with Crippen molar-refractivity contribution < 1.29 is 4.84 Å². The molecule has 0 aromatic heterocycles. The molecule has 0 rings (SSSR count). The van der Waals surface area contributed by atoms with E-state index < -0.39 is 0 Å². The van der Waals surface area contributed by atoms with Crippen LogP contribution in [0.15, 0.2) is 0 Å². The van der Waals surface area contributed by atoms with Crippen LogP contribution in [0.2, 0.25) is 0 Å². The van der Waals surface area contributed by atoms with Crippen LogP contribution in [0.4, 0.5) is 0 Å². The molecule has 2 nitrogen and oxygen atoms in total. The van der Waals surface area contributed by atoms with Crippen LogP contribution in [0.1, 0.15) is 13.8 Å². The predicted octanol–water partition coefficient (Wildman–Crippen LogP) is 0.584. The van der Waals surface area contributed by atoms with Gasteiger partial charge >= 0.3 is 0 Å². The van der Waals surface area contributed by atoms with E-state index in [2.05, 4.69) is 17.5 Å². The molecule has 0 amide bonds. The van der Waals surface area contributed by atoms with E-state index in [1.165, 1.54) is 0 Å². The van der Waals surface area contributed by atoms with Gasteiger partial charge in [-0.15, -0.1) is 0 Å². The minimum atomic E-state index is 0.0448. The maximum Gasteiger partial charge on any atom is 0.0872 e. The zero-order valence-corrected chi connectivity index (χ0v) is 5.48. The molecule has 0 spiro atoms. The van der Waals surface area contributed by atoms with E-state index in [0.29, 0.717) is 0 Å². The third-order valence-electron chi connectivity index (χ3n) is 0.894. The second-order valence-electron chi connectivity index (χ2n) is 1.58. The van der Waals surface area contributed by atoms with E-state index in [1.54, 1.807) is 0 Å². The third-order valence-corrected chi connectivity index (χ3v) is 1.31. The Morgan fingerprint density at radius 2 is 2.00 bits per heavy atom. The van der Waals surface area contributed by atoms with Gasteiger partial charge in [-0.05, 0) is 6.92 Å². The third kappa shape index (κ3) is 2.91. The van der Waals surface area contributed by atoms with Gasteiger partial charge in [-0.3, -0.25) is 0 Å². The molecule has 7 heavy (non-hydrogen) atoms. The molecule has 0 aliphatic rings. The summed E-state index contributed by atoms with van der Waals surface area (Å²) in [6.45, 7) is 3.80. The molecule has 2 N–H and O–H groups in total. The molecule has 0 aromatic carbocycles. The summed E-state index contributed by atoms with van der Waals surface area (Å²) in [5.41, 5.74) is 0. The highest BCUT2D eigenvalue weighted by Crippen LogP contribution is 2.00. The topological polar surface area (TPSA) is 35.2 Å². The van der Waals surface area contributed by atoms with Crippen molar-refractivity contribution >= 4 is 12.6 Å². The molecule has 0 aliphatic heterocycles. The minimum Gasteiger partial charge on any atom is -0.300 e. The summed E-state index contributed by atoms with van der Waals surface area (Å²) in [4.78, 5) is 4.44. The molecular weight excluding hydrogens is 110 g/mol. The van der Waals surface area contributed by atoms with Crippen LogP contribution in [0, 0.1) is 0 Å². The van der Waals surface area contributed by atoms with Crippen molar-refractivity contribution in [2.75, 3.05) is 0 Å². The van der Waals surface area contributed by atoms with Gasteiger partial charge in [-0.1, -0.05) is 6.92 Å². The molecule has 0 bridgehead atoms. The minimum absolute atomic E-state index is 0.0448. The van der Waals surface area contributed by atoms with Crippen molar-refractivity contribution in [2.45, 2.75) is 25.2 Å². The Labute approximate surface area is 49.4 Å². The lowest BCUT2D eigenvalue weighted by atomic mass is 10.3. The van der Waals surface area contributed by atoms with Gasteiger partial charge in [0.25, 0.3) is 0 Å². The number of hydrogen-bond acceptors (Lipinski definition) is 3. The van der Waals surface area contributed by atoms with Crippen molar-refractivity contribution in [3.8, 4) is 0 Å². The van der Waals surface area contributed by atoms with Crippen molar-refractivity contribution in [3.05, 3.63) is 0 Å². The molecule has 3 heteroatoms. The smallest absolute Gasteiger partial charge is 0.0872 e. The number of thiol groups is 1. The number of nitrogens with two attached hydrogens (primary N) is 1. The Hall–Kier alpha value is 0.270. The van der Waals surface area contributed by atoms with Gasteiger partial charge in [0.2, 0.25) is 0 Å². The summed E-state index contributed by atoms with van der Waals surface area (Å²) in [5.74, 6) is 4.82. The van der Waals surface area contributed by atoms with Crippen molar-refractivity contribution in [1.29, 1.82) is 0 Å². The molecule has 0 saturated carbocycles. The zero-order chi connectivity index (χ0) is 5.86. The lowest BCUT2D eigenvalue weighted by Gasteiger charge is -2.09. The highest BCUT2D eigenvalue weighted by molar-refractivity contribution is 7.81. The van der Waals surface area contributed by atoms with Gasteiger partial charge < -0.3 is 4.84 Å². The summed E-state index contributed by atoms with van der Waals surface area (Å²) in [7, 11) is 0. The molecule has 0 aromatic rings. The fraction of sp³-hybridized carbons (Fsp3) is 1.00. The van der Waals surface area contributed by atoms with Crippen LogP contribution in [0.5, 0.6) is 0 Å². The standard InChI is InChI=1S/C4H11NOS/c1-3(6-5)4(2)7/h3-4,7H,5H2,1-2H3/t3-,4?/m0/s1. The predicted molar refractivity (Wildman–Crippen MR) is 33.2 cm³/mol. The fourth-order valence-electron chi connectivity index (χ4n) is 0.114. The lowest BCUT2D eigenvalue weighted by molar-refractivity contribution is 0.0684. The highest BCUT2D eigenvalue weighted by atomic mass is 32.1. The molecule has 44 valence electrons. The molecule has 0 aliphatic carbocycles. The van der Waals surface area contributed by atoms with E-state index in [0.717, 1.165) is 0 Å². The first-order valence-electron chi connectivity index (χ1n) is 2.22. The van der Waals surface area contributed by atoms with Crippen LogP contribution in [-0.2, 0) is 4.84 Å². The molecule has 2 atom stereocenters. The van der Waals surface area contributed by atoms with Gasteiger partial charge in [-0.25, -0.2) is 5.90 Å². The van der Waals surface area contributed by atoms with Crippen LogP contribution in [0.25, 0.3) is 0 Å². The van der Waals surface area contributed by atoms with Gasteiger partial charge in [0.15, 0.2) is 0 Å². The van der Waals surface area contributed by atoms with Crippen molar-refractivity contribution in [3.63, 3.8) is 0 Å². The van der Waals surface area contributed by atoms with E-state index in [1.807, 2.05) is 13.8 Å². The zero-order valence-electron chi connectivity index (χ0n) is 4.59. The highest BCUT2D eigenvalue weighted by Gasteiger charge is 2.04. The van der Waals surface area contributed by atoms with Crippen LogP contribution < -0.4 is 5.90 Å². The lowest BCUT2D eigenvalue weighted by Crippen LogP contribution is -2.21. The van der Waals surface area contributed by atoms with E-state index in [-0.39, 0.29) is 11.4 Å². The summed E-state index contributed by atoms with van der Waals surface area (Å²) in [5, 5.41) is 0.213. The molecule has 0 heterocycles. The Kier molecular flexibility index (Phi) is 3.42. The molecule has 0 saturated heterocycles. The maximum atomic E-state index is 4.82. The van der Waals surface area contributed by atoms with Crippen LogP contribution in [-0.4, -0.2) is 11.4 Å². The Morgan fingerprint density at radius 3 is 2.00 bits per heavy atom. The van der Waals surface area contributed by atoms with Gasteiger partial charge in [0.1, 0.15) is 0 Å². The van der Waals surface area contributed by atoms with E-state index in [4.69, 9.17) is 5.90 Å². The monoisotopic (exact) mass is 121 g/mol. The average Bonchev–Trinajstić information content (AvgIpc) is 1.65. The maximum absolute atomic E-state index is 4.82. The second-order valence-corrected chi connectivity index (χ2v) is 2.40. The van der Waals surface area contributed by atoms with Gasteiger partial charge in [0, 0.05) is 5.25 Å². The fourth-order valence-corrected chi connectivity index (χ4v) is 0.184. The Balaban J connectivity index is 3.14. The normalized spacial score (nSPS) is 18.9. The molecule has 0 fully saturated rings. The summed E-state index contributed by atoms with van der Waals surface area (Å²) in [6.07, 6.45) is 0.0448. The Bertz CT molecular complexity index is 49.0. The summed E-state index contributed by atoms with van der Waals surface area (Å²) >= 11 is 4.07. The van der Waals surface area contributed by atoms with Crippen molar-refractivity contribution in [1.82, 2.24) is 0 Å². The first-order valence-corrected chi connectivity index (χ1v) is 2.73. The van der Waals surface area contributed by atoms with Crippen LogP contribution in [0.3, 0.4) is 0 Å². The SMILES string of the molecule is CC(S)[C@H](C)ON. The quantitative estimate of drug-likeness (QED) is 0.414.